The lowest BCUT2D eigenvalue weighted by molar-refractivity contribution is -0.114. The highest BCUT2D eigenvalue weighted by Crippen LogP contribution is 2.30. The van der Waals surface area contributed by atoms with Crippen LogP contribution in [0, 0.1) is 5.92 Å². The van der Waals surface area contributed by atoms with E-state index in [1.807, 2.05) is 42.5 Å². The van der Waals surface area contributed by atoms with E-state index < -0.39 is 0 Å². The molecule has 0 saturated heterocycles. The Kier molecular flexibility index (Phi) is 8.12. The molecule has 160 valence electrons. The highest BCUT2D eigenvalue weighted by Gasteiger charge is 2.22. The number of hydrogen-bond donors (Lipinski definition) is 3. The van der Waals surface area contributed by atoms with Crippen molar-refractivity contribution in [3.05, 3.63) is 59.7 Å². The number of nitrogens with zero attached hydrogens (tertiary/aromatic N) is 1. The van der Waals surface area contributed by atoms with Gasteiger partial charge in [-0.05, 0) is 55.9 Å². The number of carbonyl (C=O) groups excluding carboxylic acids is 1. The summed E-state index contributed by atoms with van der Waals surface area (Å²) in [6, 6.07) is 16.1. The van der Waals surface area contributed by atoms with Gasteiger partial charge in [-0.3, -0.25) is 4.79 Å². The lowest BCUT2D eigenvalue weighted by Crippen LogP contribution is -2.38. The highest BCUT2D eigenvalue weighted by molar-refractivity contribution is 5.88. The van der Waals surface area contributed by atoms with E-state index in [0.717, 1.165) is 55.0 Å². The number of anilines is 1. The number of ether oxygens (including phenoxy) is 1. The van der Waals surface area contributed by atoms with Crippen molar-refractivity contribution in [2.45, 2.75) is 39.7 Å². The van der Waals surface area contributed by atoms with Crippen molar-refractivity contribution in [2.75, 3.05) is 25.0 Å². The van der Waals surface area contributed by atoms with Crippen molar-refractivity contribution in [1.29, 1.82) is 0 Å². The zero-order valence-corrected chi connectivity index (χ0v) is 17.9. The minimum Gasteiger partial charge on any atom is -0.493 e. The van der Waals surface area contributed by atoms with Crippen molar-refractivity contribution >= 4 is 17.6 Å². The summed E-state index contributed by atoms with van der Waals surface area (Å²) in [4.78, 5) is 15.8. The molecule has 2 aromatic carbocycles. The second-order valence-electron chi connectivity index (χ2n) is 7.61. The molecule has 6 heteroatoms. The van der Waals surface area contributed by atoms with E-state index in [4.69, 9.17) is 9.73 Å². The molecule has 6 nitrogen and oxygen atoms in total. The van der Waals surface area contributed by atoms with E-state index in [1.54, 1.807) is 0 Å². The number of guanidine groups is 1. The molecule has 0 aliphatic heterocycles. The number of benzene rings is 2. The van der Waals surface area contributed by atoms with E-state index in [9.17, 15) is 4.79 Å². The Morgan fingerprint density at radius 1 is 1.10 bits per heavy atom. The predicted octanol–water partition coefficient (Wildman–Crippen LogP) is 3.73. The molecule has 1 saturated carbocycles. The SMILES string of the molecule is CCNC(=NCc1ccccc1OCC1CC1)NCCc1ccc(NC(C)=O)cc1. The van der Waals surface area contributed by atoms with Crippen molar-refractivity contribution in [1.82, 2.24) is 10.6 Å². The molecule has 1 aliphatic rings. The molecule has 1 aliphatic carbocycles. The molecule has 0 atom stereocenters. The Labute approximate surface area is 179 Å². The van der Waals surface area contributed by atoms with E-state index in [-0.39, 0.29) is 5.91 Å². The number of carbonyl (C=O) groups is 1. The number of nitrogens with one attached hydrogen (secondary N) is 3. The summed E-state index contributed by atoms with van der Waals surface area (Å²) < 4.78 is 5.99. The minimum absolute atomic E-state index is 0.0598. The number of rotatable bonds is 10. The van der Waals surface area contributed by atoms with Gasteiger partial charge in [0.05, 0.1) is 13.2 Å². The fraction of sp³-hybridized carbons (Fsp3) is 0.417. The Morgan fingerprint density at radius 2 is 1.87 bits per heavy atom. The van der Waals surface area contributed by atoms with Crippen LogP contribution in [-0.4, -0.2) is 31.6 Å². The summed E-state index contributed by atoms with van der Waals surface area (Å²) in [5, 5.41) is 9.48. The van der Waals surface area contributed by atoms with Gasteiger partial charge in [-0.1, -0.05) is 30.3 Å². The van der Waals surface area contributed by atoms with Crippen molar-refractivity contribution < 1.29 is 9.53 Å². The Bertz CT molecular complexity index is 845. The molecule has 0 bridgehead atoms. The molecule has 0 spiro atoms. The van der Waals surface area contributed by atoms with Gasteiger partial charge in [0.2, 0.25) is 5.91 Å². The van der Waals surface area contributed by atoms with Gasteiger partial charge in [0.25, 0.3) is 0 Å². The van der Waals surface area contributed by atoms with Crippen LogP contribution < -0.4 is 20.7 Å². The summed E-state index contributed by atoms with van der Waals surface area (Å²) >= 11 is 0. The van der Waals surface area contributed by atoms with Crippen LogP contribution in [0.2, 0.25) is 0 Å². The van der Waals surface area contributed by atoms with Crippen LogP contribution >= 0.6 is 0 Å². The molecule has 0 radical (unpaired) electrons. The number of aliphatic imine (C=N–C) groups is 1. The third-order valence-corrected chi connectivity index (χ3v) is 4.88. The molecule has 1 amide bonds. The predicted molar refractivity (Wildman–Crippen MR) is 122 cm³/mol. The first-order chi connectivity index (χ1) is 14.6. The highest BCUT2D eigenvalue weighted by atomic mass is 16.5. The first-order valence-corrected chi connectivity index (χ1v) is 10.7. The summed E-state index contributed by atoms with van der Waals surface area (Å²) in [5.74, 6) is 2.40. The second kappa shape index (κ2) is 11.2. The molecule has 0 heterocycles. The monoisotopic (exact) mass is 408 g/mol. The first kappa shape index (κ1) is 21.7. The van der Waals surface area contributed by atoms with Crippen molar-refractivity contribution in [3.63, 3.8) is 0 Å². The molecule has 3 rings (SSSR count). The van der Waals surface area contributed by atoms with Crippen LogP contribution in [-0.2, 0) is 17.8 Å². The van der Waals surface area contributed by atoms with E-state index in [1.165, 1.54) is 25.3 Å². The lowest BCUT2D eigenvalue weighted by atomic mass is 10.1. The van der Waals surface area contributed by atoms with Gasteiger partial charge in [-0.2, -0.15) is 0 Å². The molecular formula is C24H32N4O2. The van der Waals surface area contributed by atoms with Gasteiger partial charge >= 0.3 is 0 Å². The molecule has 30 heavy (non-hydrogen) atoms. The topological polar surface area (TPSA) is 74.8 Å². The maximum atomic E-state index is 11.1. The van der Waals surface area contributed by atoms with Gasteiger partial charge in [0.1, 0.15) is 5.75 Å². The largest absolute Gasteiger partial charge is 0.493 e. The average Bonchev–Trinajstić information content (AvgIpc) is 3.56. The van der Waals surface area contributed by atoms with Gasteiger partial charge in [0.15, 0.2) is 5.96 Å². The van der Waals surface area contributed by atoms with E-state index in [2.05, 4.69) is 28.9 Å². The van der Waals surface area contributed by atoms with E-state index in [0.29, 0.717) is 6.54 Å². The Hall–Kier alpha value is -3.02. The minimum atomic E-state index is -0.0598. The maximum absolute atomic E-state index is 11.1. The smallest absolute Gasteiger partial charge is 0.221 e. The number of hydrogen-bond acceptors (Lipinski definition) is 3. The Balaban J connectivity index is 1.51. The quantitative estimate of drug-likeness (QED) is 0.414. The number of para-hydroxylation sites is 1. The fourth-order valence-electron chi connectivity index (χ4n) is 3.06. The second-order valence-corrected chi connectivity index (χ2v) is 7.61. The van der Waals surface area contributed by atoms with Crippen molar-refractivity contribution in [3.8, 4) is 5.75 Å². The van der Waals surface area contributed by atoms with Crippen LogP contribution in [0.3, 0.4) is 0 Å². The molecule has 0 unspecified atom stereocenters. The zero-order valence-electron chi connectivity index (χ0n) is 17.9. The molecular weight excluding hydrogens is 376 g/mol. The van der Waals surface area contributed by atoms with Crippen LogP contribution in [0.4, 0.5) is 5.69 Å². The lowest BCUT2D eigenvalue weighted by Gasteiger charge is -2.13. The standard InChI is InChI=1S/C24H32N4O2/c1-3-25-24(26-15-14-19-10-12-22(13-11-19)28-18(2)29)27-16-21-6-4-5-7-23(21)30-17-20-8-9-20/h4-7,10-13,20H,3,8-9,14-17H2,1-2H3,(H,28,29)(H2,25,26,27). The van der Waals surface area contributed by atoms with E-state index >= 15 is 0 Å². The Morgan fingerprint density at radius 3 is 2.57 bits per heavy atom. The maximum Gasteiger partial charge on any atom is 0.221 e. The molecule has 0 aromatic heterocycles. The van der Waals surface area contributed by atoms with Gasteiger partial charge in [-0.25, -0.2) is 4.99 Å². The average molecular weight is 409 g/mol. The van der Waals surface area contributed by atoms with Crippen LogP contribution in [0.1, 0.15) is 37.8 Å². The molecule has 3 N–H and O–H groups in total. The summed E-state index contributed by atoms with van der Waals surface area (Å²) in [6.07, 6.45) is 3.43. The van der Waals surface area contributed by atoms with Crippen molar-refractivity contribution in [2.24, 2.45) is 10.9 Å². The molecule has 2 aromatic rings. The summed E-state index contributed by atoms with van der Waals surface area (Å²) in [5.41, 5.74) is 3.12. The number of amides is 1. The van der Waals surface area contributed by atoms with Gasteiger partial charge in [-0.15, -0.1) is 0 Å². The summed E-state index contributed by atoms with van der Waals surface area (Å²) in [7, 11) is 0. The van der Waals surface area contributed by atoms with Gasteiger partial charge in [0, 0.05) is 31.3 Å². The van der Waals surface area contributed by atoms with Crippen LogP contribution in [0.25, 0.3) is 0 Å². The van der Waals surface area contributed by atoms with Gasteiger partial charge < -0.3 is 20.7 Å². The summed E-state index contributed by atoms with van der Waals surface area (Å²) in [6.45, 7) is 6.52. The third kappa shape index (κ3) is 7.43. The van der Waals surface area contributed by atoms with Crippen LogP contribution in [0.5, 0.6) is 5.75 Å². The van der Waals surface area contributed by atoms with Crippen LogP contribution in [0.15, 0.2) is 53.5 Å². The zero-order chi connectivity index (χ0) is 21.2. The third-order valence-electron chi connectivity index (χ3n) is 4.88. The first-order valence-electron chi connectivity index (χ1n) is 10.7. The fourth-order valence-corrected chi connectivity index (χ4v) is 3.06. The normalized spacial score (nSPS) is 13.6. The molecule has 1 fully saturated rings.